The summed E-state index contributed by atoms with van der Waals surface area (Å²) in [5.74, 6) is -3.26. The number of carbonyl (C=O) groups excluding carboxylic acids is 2. The average molecular weight is 697 g/mol. The van der Waals surface area contributed by atoms with Gasteiger partial charge in [0.2, 0.25) is 5.91 Å². The molecule has 0 spiro atoms. The number of alkyl halides is 1. The quantitative estimate of drug-likeness (QED) is 0.183. The van der Waals surface area contributed by atoms with E-state index < -0.39 is 58.9 Å². The van der Waals surface area contributed by atoms with Crippen LogP contribution in [0.5, 0.6) is 0 Å². The number of aromatic nitrogens is 2. The van der Waals surface area contributed by atoms with Crippen molar-refractivity contribution < 1.29 is 27.5 Å². The van der Waals surface area contributed by atoms with Crippen LogP contribution < -0.4 is 11.0 Å². The second-order valence-electron chi connectivity index (χ2n) is 14.4. The highest BCUT2D eigenvalue weighted by Crippen LogP contribution is 2.37. The van der Waals surface area contributed by atoms with Crippen LogP contribution in [0.2, 0.25) is 0 Å². The standard InChI is InChI=1S/C39H51F3N4O4/c1-10-29-27(12-13-45-20-39(9,42)21-45)19-46(38(49)44-29)31(14-22(3)4)37(48)43-30(18-32(47)50-11-2)34-35(40)26(8)17-28(36(34)41)33-24(6)15-23(5)16-25(33)7/h15-17,19,22,30-31H,10-14,18,20-21H2,1-9H3,(H,43,48)/t30-,31-/m0/s1. The maximum absolute atomic E-state index is 16.7. The zero-order valence-electron chi connectivity index (χ0n) is 30.8. The Hall–Kier alpha value is -3.99. The van der Waals surface area contributed by atoms with Gasteiger partial charge in [-0.05, 0) is 101 Å². The van der Waals surface area contributed by atoms with Gasteiger partial charge in [0.1, 0.15) is 23.3 Å². The number of amides is 1. The average Bonchev–Trinajstić information content (AvgIpc) is 3.00. The second kappa shape index (κ2) is 15.9. The van der Waals surface area contributed by atoms with E-state index in [-0.39, 0.29) is 30.1 Å². The molecule has 272 valence electrons. The Bertz CT molecular complexity index is 1770. The van der Waals surface area contributed by atoms with Crippen molar-refractivity contribution in [1.29, 1.82) is 0 Å². The third-order valence-electron chi connectivity index (χ3n) is 9.29. The summed E-state index contributed by atoms with van der Waals surface area (Å²) in [4.78, 5) is 46.9. The van der Waals surface area contributed by atoms with E-state index in [1.165, 1.54) is 17.6 Å². The molecule has 1 saturated heterocycles. The summed E-state index contributed by atoms with van der Waals surface area (Å²) in [6.45, 7) is 17.3. The number of nitrogens with one attached hydrogen (secondary N) is 1. The fourth-order valence-corrected chi connectivity index (χ4v) is 7.17. The Kier molecular flexibility index (Phi) is 12.4. The Morgan fingerprint density at radius 3 is 2.22 bits per heavy atom. The van der Waals surface area contributed by atoms with E-state index in [0.29, 0.717) is 43.7 Å². The van der Waals surface area contributed by atoms with Crippen molar-refractivity contribution in [1.82, 2.24) is 19.8 Å². The Balaban J connectivity index is 1.78. The molecule has 4 rings (SSSR count). The van der Waals surface area contributed by atoms with E-state index >= 15 is 8.78 Å². The van der Waals surface area contributed by atoms with Crippen molar-refractivity contribution in [3.05, 3.63) is 85.6 Å². The van der Waals surface area contributed by atoms with Crippen molar-refractivity contribution in [3.8, 4) is 11.1 Å². The smallest absolute Gasteiger partial charge is 0.348 e. The van der Waals surface area contributed by atoms with Crippen molar-refractivity contribution in [2.45, 2.75) is 106 Å². The van der Waals surface area contributed by atoms with Crippen LogP contribution in [0.25, 0.3) is 11.1 Å². The Morgan fingerprint density at radius 2 is 1.66 bits per heavy atom. The number of likely N-dealkylation sites (tertiary alicyclic amines) is 1. The maximum Gasteiger partial charge on any atom is 0.348 e. The minimum Gasteiger partial charge on any atom is -0.466 e. The monoisotopic (exact) mass is 696 g/mol. The number of aryl methyl sites for hydroxylation is 5. The fraction of sp³-hybridized carbons (Fsp3) is 0.538. The normalized spacial score (nSPS) is 15.5. The highest BCUT2D eigenvalue weighted by molar-refractivity contribution is 5.82. The van der Waals surface area contributed by atoms with E-state index in [1.54, 1.807) is 20.0 Å². The minimum atomic E-state index is -1.44. The van der Waals surface area contributed by atoms with Gasteiger partial charge in [-0.3, -0.25) is 19.1 Å². The molecule has 2 aromatic carbocycles. The first-order valence-corrected chi connectivity index (χ1v) is 17.5. The van der Waals surface area contributed by atoms with Crippen LogP contribution in [0.1, 0.15) is 98.6 Å². The van der Waals surface area contributed by atoms with Crippen LogP contribution in [0.3, 0.4) is 0 Å². The van der Waals surface area contributed by atoms with Crippen molar-refractivity contribution in [2.24, 2.45) is 5.92 Å². The summed E-state index contributed by atoms with van der Waals surface area (Å²) < 4.78 is 53.4. The number of ether oxygens (including phenoxy) is 1. The number of hydrogen-bond acceptors (Lipinski definition) is 6. The molecule has 0 aliphatic carbocycles. The zero-order valence-corrected chi connectivity index (χ0v) is 30.8. The van der Waals surface area contributed by atoms with Gasteiger partial charge in [-0.1, -0.05) is 38.5 Å². The van der Waals surface area contributed by atoms with Crippen LogP contribution in [-0.4, -0.2) is 58.2 Å². The number of hydrogen-bond donors (Lipinski definition) is 1. The maximum atomic E-state index is 16.7. The predicted octanol–water partition coefficient (Wildman–Crippen LogP) is 6.97. The molecular weight excluding hydrogens is 645 g/mol. The lowest BCUT2D eigenvalue weighted by Crippen LogP contribution is -2.57. The molecule has 2 atom stereocenters. The van der Waals surface area contributed by atoms with Gasteiger partial charge in [0.05, 0.1) is 24.8 Å². The van der Waals surface area contributed by atoms with E-state index in [0.717, 1.165) is 22.3 Å². The molecular formula is C39H51F3N4O4. The number of carbonyl (C=O) groups is 2. The van der Waals surface area contributed by atoms with E-state index in [2.05, 4.69) is 10.3 Å². The molecule has 1 aliphatic heterocycles. The van der Waals surface area contributed by atoms with Gasteiger partial charge in [-0.2, -0.15) is 4.98 Å². The molecule has 2 heterocycles. The first-order valence-electron chi connectivity index (χ1n) is 17.5. The van der Waals surface area contributed by atoms with Crippen LogP contribution in [-0.2, 0) is 27.2 Å². The molecule has 50 heavy (non-hydrogen) atoms. The lowest BCUT2D eigenvalue weighted by Gasteiger charge is -2.42. The predicted molar refractivity (Wildman–Crippen MR) is 189 cm³/mol. The van der Waals surface area contributed by atoms with Gasteiger partial charge in [0, 0.05) is 37.0 Å². The number of rotatable bonds is 14. The molecule has 0 bridgehead atoms. The van der Waals surface area contributed by atoms with Crippen LogP contribution in [0.4, 0.5) is 13.2 Å². The molecule has 11 heteroatoms. The van der Waals surface area contributed by atoms with E-state index in [1.807, 2.05) is 58.6 Å². The molecule has 0 saturated carbocycles. The van der Waals surface area contributed by atoms with Gasteiger partial charge < -0.3 is 10.1 Å². The first-order chi connectivity index (χ1) is 23.5. The third kappa shape index (κ3) is 8.83. The highest BCUT2D eigenvalue weighted by Gasteiger charge is 2.38. The van der Waals surface area contributed by atoms with Crippen molar-refractivity contribution in [3.63, 3.8) is 0 Å². The first kappa shape index (κ1) is 38.8. The van der Waals surface area contributed by atoms with Crippen LogP contribution in [0.15, 0.2) is 29.2 Å². The van der Waals surface area contributed by atoms with Gasteiger partial charge in [-0.25, -0.2) is 18.0 Å². The number of esters is 1. The molecule has 0 radical (unpaired) electrons. The zero-order chi connectivity index (χ0) is 37.1. The molecule has 1 fully saturated rings. The molecule has 1 amide bonds. The topological polar surface area (TPSA) is 93.5 Å². The summed E-state index contributed by atoms with van der Waals surface area (Å²) in [7, 11) is 0. The summed E-state index contributed by atoms with van der Waals surface area (Å²) in [6.07, 6.45) is 2.29. The summed E-state index contributed by atoms with van der Waals surface area (Å²) in [5, 5.41) is 2.75. The van der Waals surface area contributed by atoms with E-state index in [4.69, 9.17) is 4.74 Å². The summed E-state index contributed by atoms with van der Waals surface area (Å²) >= 11 is 0. The van der Waals surface area contributed by atoms with Crippen LogP contribution in [0, 0.1) is 45.2 Å². The van der Waals surface area contributed by atoms with E-state index in [9.17, 15) is 18.8 Å². The minimum absolute atomic E-state index is 0.0386. The SMILES string of the molecule is CCOC(=O)C[C@H](NC(=O)[C@H](CC(C)C)n1cc(CCN2CC(C)(F)C2)c(CC)nc1=O)c1c(F)c(C)cc(-c2c(C)cc(C)cc2C)c1F. The summed E-state index contributed by atoms with van der Waals surface area (Å²) in [5.41, 5.74) is 2.55. The molecule has 1 N–H and O–H groups in total. The molecule has 8 nitrogen and oxygen atoms in total. The number of benzene rings is 2. The Labute approximate surface area is 293 Å². The van der Waals surface area contributed by atoms with Crippen molar-refractivity contribution in [2.75, 3.05) is 26.2 Å². The highest BCUT2D eigenvalue weighted by atomic mass is 19.1. The molecule has 3 aromatic rings. The van der Waals surface area contributed by atoms with Crippen LogP contribution >= 0.6 is 0 Å². The molecule has 1 aliphatic rings. The third-order valence-corrected chi connectivity index (χ3v) is 9.29. The fourth-order valence-electron chi connectivity index (χ4n) is 7.17. The Morgan fingerprint density at radius 1 is 1.02 bits per heavy atom. The second-order valence-corrected chi connectivity index (χ2v) is 14.4. The van der Waals surface area contributed by atoms with Gasteiger partial charge in [-0.15, -0.1) is 0 Å². The van der Waals surface area contributed by atoms with Gasteiger partial charge in [0.15, 0.2) is 0 Å². The molecule has 0 unspecified atom stereocenters. The van der Waals surface area contributed by atoms with Gasteiger partial charge >= 0.3 is 11.7 Å². The number of halogens is 3. The number of nitrogens with zero attached hydrogens (tertiary/aromatic N) is 3. The lowest BCUT2D eigenvalue weighted by atomic mass is 9.88. The molecule has 1 aromatic heterocycles. The summed E-state index contributed by atoms with van der Waals surface area (Å²) in [6, 6.07) is 2.74. The van der Waals surface area contributed by atoms with Gasteiger partial charge in [0.25, 0.3) is 0 Å². The lowest BCUT2D eigenvalue weighted by molar-refractivity contribution is -0.144. The van der Waals surface area contributed by atoms with Crippen molar-refractivity contribution >= 4 is 11.9 Å². The largest absolute Gasteiger partial charge is 0.466 e.